The van der Waals surface area contributed by atoms with Crippen LogP contribution < -0.4 is 4.74 Å². The number of hydrogen-bond acceptors (Lipinski definition) is 4. The van der Waals surface area contributed by atoms with Crippen molar-refractivity contribution in [3.63, 3.8) is 0 Å². The molecule has 1 fully saturated rings. The van der Waals surface area contributed by atoms with E-state index < -0.39 is 0 Å². The summed E-state index contributed by atoms with van der Waals surface area (Å²) in [6.07, 6.45) is 4.11. The number of ketones is 1. The summed E-state index contributed by atoms with van der Waals surface area (Å²) in [4.78, 5) is 15.0. The third-order valence-corrected chi connectivity index (χ3v) is 4.87. The summed E-state index contributed by atoms with van der Waals surface area (Å²) in [7, 11) is 0. The summed E-state index contributed by atoms with van der Waals surface area (Å²) in [5, 5.41) is 10.3. The van der Waals surface area contributed by atoms with Crippen molar-refractivity contribution < 1.29 is 14.6 Å². The number of likely N-dealkylation sites (tertiary alicyclic amines) is 1. The van der Waals surface area contributed by atoms with Gasteiger partial charge in [-0.25, -0.2) is 0 Å². The molecule has 128 valence electrons. The first-order valence-electron chi connectivity index (χ1n) is 8.70. The Balaban J connectivity index is 1.67. The van der Waals surface area contributed by atoms with E-state index in [2.05, 4.69) is 4.90 Å². The lowest BCUT2D eigenvalue weighted by Crippen LogP contribution is -2.18. The van der Waals surface area contributed by atoms with Crippen LogP contribution in [0.25, 0.3) is 6.08 Å². The second-order valence-corrected chi connectivity index (χ2v) is 6.77. The molecule has 0 aromatic heterocycles. The first-order chi connectivity index (χ1) is 12.1. The number of fused-ring (bicyclic) bond motifs is 1. The molecule has 4 heteroatoms. The third kappa shape index (κ3) is 3.05. The van der Waals surface area contributed by atoms with Crippen molar-refractivity contribution in [2.75, 3.05) is 13.1 Å². The van der Waals surface area contributed by atoms with Gasteiger partial charge in [0.25, 0.3) is 0 Å². The SMILES string of the molecule is Cc1ccc(C=C2Oc3c(ccc(O)c3CN3CCCC3)C2=O)cc1. The number of phenolic OH excluding ortho intramolecular Hbond substituents is 1. The maximum Gasteiger partial charge on any atom is 0.231 e. The smallest absolute Gasteiger partial charge is 0.231 e. The van der Waals surface area contributed by atoms with Gasteiger partial charge in [0.05, 0.1) is 11.1 Å². The monoisotopic (exact) mass is 335 g/mol. The van der Waals surface area contributed by atoms with E-state index in [0.29, 0.717) is 29.2 Å². The fourth-order valence-corrected chi connectivity index (χ4v) is 3.43. The van der Waals surface area contributed by atoms with Crippen LogP contribution >= 0.6 is 0 Å². The van der Waals surface area contributed by atoms with Crippen molar-refractivity contribution in [1.29, 1.82) is 0 Å². The Labute approximate surface area is 147 Å². The lowest BCUT2D eigenvalue weighted by Gasteiger charge is -2.17. The number of ether oxygens (including phenoxy) is 1. The second kappa shape index (κ2) is 6.37. The predicted octanol–water partition coefficient (Wildman–Crippen LogP) is 3.91. The molecular weight excluding hydrogens is 314 g/mol. The van der Waals surface area contributed by atoms with Crippen molar-refractivity contribution in [3.8, 4) is 11.5 Å². The van der Waals surface area contributed by atoms with Gasteiger partial charge >= 0.3 is 0 Å². The number of aryl methyl sites for hydroxylation is 1. The fraction of sp³-hybridized carbons (Fsp3) is 0.286. The average Bonchev–Trinajstić information content (AvgIpc) is 3.22. The van der Waals surface area contributed by atoms with E-state index >= 15 is 0 Å². The van der Waals surface area contributed by atoms with Crippen molar-refractivity contribution in [3.05, 3.63) is 64.4 Å². The predicted molar refractivity (Wildman–Crippen MR) is 96.7 cm³/mol. The number of rotatable bonds is 3. The van der Waals surface area contributed by atoms with Gasteiger partial charge in [-0.1, -0.05) is 29.8 Å². The van der Waals surface area contributed by atoms with Gasteiger partial charge in [0.2, 0.25) is 5.78 Å². The maximum atomic E-state index is 12.7. The number of nitrogens with zero attached hydrogens (tertiary/aromatic N) is 1. The Bertz CT molecular complexity index is 846. The molecule has 0 amide bonds. The van der Waals surface area contributed by atoms with Crippen molar-refractivity contribution in [1.82, 2.24) is 4.90 Å². The molecule has 2 aromatic rings. The molecule has 2 aliphatic heterocycles. The molecule has 0 radical (unpaired) electrons. The van der Waals surface area contributed by atoms with E-state index in [-0.39, 0.29) is 11.5 Å². The molecule has 2 heterocycles. The molecule has 2 aromatic carbocycles. The van der Waals surface area contributed by atoms with Crippen LogP contribution in [0, 0.1) is 6.92 Å². The van der Waals surface area contributed by atoms with Crippen LogP contribution in [0.1, 0.15) is 39.9 Å². The lowest BCUT2D eigenvalue weighted by atomic mass is 10.0. The number of carbonyl (C=O) groups is 1. The highest BCUT2D eigenvalue weighted by molar-refractivity contribution is 6.15. The molecule has 0 spiro atoms. The van der Waals surface area contributed by atoms with E-state index in [1.165, 1.54) is 18.4 Å². The number of aromatic hydroxyl groups is 1. The maximum absolute atomic E-state index is 12.7. The largest absolute Gasteiger partial charge is 0.507 e. The van der Waals surface area contributed by atoms with E-state index in [0.717, 1.165) is 18.7 Å². The highest BCUT2D eigenvalue weighted by Crippen LogP contribution is 2.40. The normalized spacial score (nSPS) is 18.6. The van der Waals surface area contributed by atoms with Gasteiger partial charge in [-0.05, 0) is 56.6 Å². The van der Waals surface area contributed by atoms with Crippen LogP contribution in [0.4, 0.5) is 0 Å². The van der Waals surface area contributed by atoms with Crippen LogP contribution in [-0.2, 0) is 6.54 Å². The van der Waals surface area contributed by atoms with Crippen LogP contribution in [0.2, 0.25) is 0 Å². The van der Waals surface area contributed by atoms with Crippen LogP contribution in [0.3, 0.4) is 0 Å². The third-order valence-electron chi connectivity index (χ3n) is 4.87. The van der Waals surface area contributed by atoms with Gasteiger partial charge in [0.1, 0.15) is 11.5 Å². The van der Waals surface area contributed by atoms with E-state index in [1.807, 2.05) is 31.2 Å². The quantitative estimate of drug-likeness (QED) is 0.864. The summed E-state index contributed by atoms with van der Waals surface area (Å²) in [5.74, 6) is 0.885. The number of carbonyl (C=O) groups excluding carboxylic acids is 1. The van der Waals surface area contributed by atoms with E-state index in [1.54, 1.807) is 18.2 Å². The Morgan fingerprint density at radius 3 is 2.56 bits per heavy atom. The molecule has 0 bridgehead atoms. The van der Waals surface area contributed by atoms with Crippen LogP contribution in [0.15, 0.2) is 42.2 Å². The Kier molecular flexibility index (Phi) is 4.06. The Hall–Kier alpha value is -2.59. The number of allylic oxidation sites excluding steroid dienone is 1. The summed E-state index contributed by atoms with van der Waals surface area (Å²) in [6, 6.07) is 11.2. The minimum Gasteiger partial charge on any atom is -0.507 e. The van der Waals surface area contributed by atoms with Gasteiger partial charge in [0, 0.05) is 6.54 Å². The molecule has 0 aliphatic carbocycles. The molecule has 4 nitrogen and oxygen atoms in total. The second-order valence-electron chi connectivity index (χ2n) is 6.77. The molecule has 1 N–H and O–H groups in total. The number of benzene rings is 2. The minimum atomic E-state index is -0.127. The van der Waals surface area contributed by atoms with Gasteiger partial charge in [0.15, 0.2) is 5.76 Å². The van der Waals surface area contributed by atoms with Crippen LogP contribution in [-0.4, -0.2) is 28.9 Å². The van der Waals surface area contributed by atoms with E-state index in [9.17, 15) is 9.90 Å². The Morgan fingerprint density at radius 2 is 1.84 bits per heavy atom. The number of Topliss-reactive ketones (excluding diaryl/α,β-unsaturated/α-hetero) is 1. The summed E-state index contributed by atoms with van der Waals surface area (Å²) in [6.45, 7) is 4.67. The summed E-state index contributed by atoms with van der Waals surface area (Å²) >= 11 is 0. The zero-order valence-electron chi connectivity index (χ0n) is 14.3. The molecule has 1 saturated heterocycles. The molecule has 2 aliphatic rings. The zero-order chi connectivity index (χ0) is 17.4. The van der Waals surface area contributed by atoms with Crippen LogP contribution in [0.5, 0.6) is 11.5 Å². The van der Waals surface area contributed by atoms with Crippen molar-refractivity contribution in [2.45, 2.75) is 26.3 Å². The van der Waals surface area contributed by atoms with Gasteiger partial charge in [-0.2, -0.15) is 0 Å². The molecule has 0 atom stereocenters. The summed E-state index contributed by atoms with van der Waals surface area (Å²) in [5.41, 5.74) is 3.33. The van der Waals surface area contributed by atoms with Gasteiger partial charge in [-0.3, -0.25) is 9.69 Å². The average molecular weight is 335 g/mol. The molecule has 0 unspecified atom stereocenters. The molecule has 0 saturated carbocycles. The minimum absolute atomic E-state index is 0.127. The number of phenols is 1. The standard InChI is InChI=1S/C21H21NO3/c1-14-4-6-15(7-5-14)12-19-20(24)16-8-9-18(23)17(21(16)25-19)13-22-10-2-3-11-22/h4-9,12,23H,2-3,10-11,13H2,1H3. The topological polar surface area (TPSA) is 49.8 Å². The molecular formula is C21H21NO3. The van der Waals surface area contributed by atoms with E-state index in [4.69, 9.17) is 4.74 Å². The zero-order valence-corrected chi connectivity index (χ0v) is 14.3. The highest BCUT2D eigenvalue weighted by Gasteiger charge is 2.31. The number of hydrogen-bond donors (Lipinski definition) is 1. The first-order valence-corrected chi connectivity index (χ1v) is 8.70. The first kappa shape index (κ1) is 15.9. The lowest BCUT2D eigenvalue weighted by molar-refractivity contribution is 0.101. The molecule has 25 heavy (non-hydrogen) atoms. The highest BCUT2D eigenvalue weighted by atomic mass is 16.5. The van der Waals surface area contributed by atoms with Crippen molar-refractivity contribution in [2.24, 2.45) is 0 Å². The van der Waals surface area contributed by atoms with Gasteiger partial charge in [-0.15, -0.1) is 0 Å². The molecule has 4 rings (SSSR count). The van der Waals surface area contributed by atoms with Crippen molar-refractivity contribution >= 4 is 11.9 Å². The van der Waals surface area contributed by atoms with Gasteiger partial charge < -0.3 is 9.84 Å². The Morgan fingerprint density at radius 1 is 1.12 bits per heavy atom. The summed E-state index contributed by atoms with van der Waals surface area (Å²) < 4.78 is 5.90. The fourth-order valence-electron chi connectivity index (χ4n) is 3.43.